The molecule has 47 valence electrons. The second-order valence-corrected chi connectivity index (χ2v) is 2.55. The summed E-state index contributed by atoms with van der Waals surface area (Å²) < 4.78 is 0. The summed E-state index contributed by atoms with van der Waals surface area (Å²) in [6.07, 6.45) is 6.47. The maximum absolute atomic E-state index is 2.37. The molecular formula is C7H14N. The molecule has 0 bridgehead atoms. The van der Waals surface area contributed by atoms with E-state index in [0.717, 1.165) is 0 Å². The van der Waals surface area contributed by atoms with E-state index in [2.05, 4.69) is 18.4 Å². The van der Waals surface area contributed by atoms with Gasteiger partial charge in [0.2, 0.25) is 0 Å². The molecule has 1 heterocycles. The van der Waals surface area contributed by atoms with Crippen molar-refractivity contribution in [1.29, 1.82) is 0 Å². The third-order valence-corrected chi connectivity index (χ3v) is 1.64. The van der Waals surface area contributed by atoms with Crippen molar-refractivity contribution >= 4 is 0 Å². The van der Waals surface area contributed by atoms with Gasteiger partial charge in [-0.2, -0.15) is 0 Å². The Balaban J connectivity index is 2.17. The van der Waals surface area contributed by atoms with Gasteiger partial charge in [0.15, 0.2) is 0 Å². The molecule has 0 aromatic rings. The maximum Gasteiger partial charge on any atom is 0.000973 e. The molecule has 0 atom stereocenters. The fourth-order valence-corrected chi connectivity index (χ4v) is 1.07. The molecule has 1 radical (unpaired) electrons. The fourth-order valence-electron chi connectivity index (χ4n) is 1.07. The van der Waals surface area contributed by atoms with E-state index < -0.39 is 0 Å². The molecule has 0 saturated carbocycles. The van der Waals surface area contributed by atoms with Crippen LogP contribution in [0.1, 0.15) is 19.3 Å². The van der Waals surface area contributed by atoms with Crippen molar-refractivity contribution in [3.8, 4) is 0 Å². The summed E-state index contributed by atoms with van der Waals surface area (Å²) in [6.45, 7) is 2.48. The highest BCUT2D eigenvalue weighted by molar-refractivity contribution is 4.72. The third kappa shape index (κ3) is 1.83. The zero-order valence-electron chi connectivity index (χ0n) is 5.56. The monoisotopic (exact) mass is 112 g/mol. The van der Waals surface area contributed by atoms with Gasteiger partial charge in [0.25, 0.3) is 0 Å². The van der Waals surface area contributed by atoms with E-state index in [1.807, 2.05) is 0 Å². The van der Waals surface area contributed by atoms with Crippen LogP contribution >= 0.6 is 0 Å². The average molecular weight is 112 g/mol. The lowest BCUT2D eigenvalue weighted by Gasteiger charge is -2.10. The molecule has 0 N–H and O–H groups in total. The van der Waals surface area contributed by atoms with Gasteiger partial charge in [-0.25, -0.2) is 0 Å². The van der Waals surface area contributed by atoms with Crippen LogP contribution in [0.4, 0.5) is 0 Å². The van der Waals surface area contributed by atoms with Crippen molar-refractivity contribution in [2.75, 3.05) is 20.1 Å². The molecule has 0 spiro atoms. The Kier molecular flexibility index (Phi) is 2.34. The molecule has 1 rings (SSSR count). The molecule has 0 aromatic heterocycles. The molecular weight excluding hydrogens is 98.1 g/mol. The highest BCUT2D eigenvalue weighted by Crippen LogP contribution is 2.05. The molecule has 1 fully saturated rings. The topological polar surface area (TPSA) is 3.24 Å². The molecule has 1 nitrogen and oxygen atoms in total. The van der Waals surface area contributed by atoms with Gasteiger partial charge in [0.1, 0.15) is 0 Å². The van der Waals surface area contributed by atoms with Gasteiger partial charge in [-0.3, -0.25) is 0 Å². The first kappa shape index (κ1) is 6.09. The number of nitrogens with zero attached hydrogens (tertiary/aromatic N) is 1. The Labute approximate surface area is 51.7 Å². The molecule has 1 aliphatic heterocycles. The third-order valence-electron chi connectivity index (χ3n) is 1.64. The first-order chi connectivity index (χ1) is 3.89. The molecule has 1 heteroatoms. The quantitative estimate of drug-likeness (QED) is 0.456. The molecule has 0 unspecified atom stereocenters. The summed E-state index contributed by atoms with van der Waals surface area (Å²) in [5, 5.41) is 0. The van der Waals surface area contributed by atoms with E-state index in [9.17, 15) is 0 Å². The summed E-state index contributed by atoms with van der Waals surface area (Å²) in [5.41, 5.74) is 0. The Morgan fingerprint density at radius 1 is 1.38 bits per heavy atom. The van der Waals surface area contributed by atoms with Crippen molar-refractivity contribution in [2.24, 2.45) is 0 Å². The van der Waals surface area contributed by atoms with E-state index in [1.165, 1.54) is 32.4 Å². The van der Waals surface area contributed by atoms with Crippen LogP contribution in [-0.4, -0.2) is 25.0 Å². The summed E-state index contributed by atoms with van der Waals surface area (Å²) in [7, 11) is 2.18. The zero-order chi connectivity index (χ0) is 5.82. The van der Waals surface area contributed by atoms with Gasteiger partial charge >= 0.3 is 0 Å². The first-order valence-corrected chi connectivity index (χ1v) is 3.40. The minimum atomic E-state index is 1.19. The van der Waals surface area contributed by atoms with Crippen LogP contribution < -0.4 is 0 Å². The van der Waals surface area contributed by atoms with Crippen molar-refractivity contribution in [2.45, 2.75) is 19.3 Å². The summed E-state index contributed by atoms with van der Waals surface area (Å²) in [6, 6.07) is 0. The standard InChI is InChI=1S/C7H14N/c1-8-6-4-2-3-5-7-8/h4H,2-3,5-7H2,1H3. The Bertz CT molecular complexity index is 53.4. The van der Waals surface area contributed by atoms with E-state index >= 15 is 0 Å². The number of hydrogen-bond acceptors (Lipinski definition) is 1. The Hall–Kier alpha value is -0.0400. The van der Waals surface area contributed by atoms with Crippen molar-refractivity contribution in [3.05, 3.63) is 6.42 Å². The second-order valence-electron chi connectivity index (χ2n) is 2.55. The summed E-state index contributed by atoms with van der Waals surface area (Å²) in [4.78, 5) is 2.37. The van der Waals surface area contributed by atoms with Crippen molar-refractivity contribution in [1.82, 2.24) is 4.90 Å². The molecule has 0 aliphatic carbocycles. The van der Waals surface area contributed by atoms with Gasteiger partial charge in [0.05, 0.1) is 0 Å². The highest BCUT2D eigenvalue weighted by Gasteiger charge is 2.01. The average Bonchev–Trinajstić information content (AvgIpc) is 1.94. The minimum Gasteiger partial charge on any atom is -0.306 e. The lowest BCUT2D eigenvalue weighted by atomic mass is 10.2. The number of hydrogen-bond donors (Lipinski definition) is 0. The predicted molar refractivity (Wildman–Crippen MR) is 35.6 cm³/mol. The van der Waals surface area contributed by atoms with Crippen LogP contribution in [0.15, 0.2) is 0 Å². The van der Waals surface area contributed by atoms with Crippen LogP contribution in [0.3, 0.4) is 0 Å². The lowest BCUT2D eigenvalue weighted by molar-refractivity contribution is 0.369. The van der Waals surface area contributed by atoms with Gasteiger partial charge < -0.3 is 4.90 Å². The zero-order valence-corrected chi connectivity index (χ0v) is 5.56. The summed E-state index contributed by atoms with van der Waals surface area (Å²) in [5.74, 6) is 0. The fraction of sp³-hybridized carbons (Fsp3) is 0.857. The lowest BCUT2D eigenvalue weighted by Crippen LogP contribution is -2.18. The number of rotatable bonds is 0. The molecule has 1 saturated heterocycles. The summed E-state index contributed by atoms with van der Waals surface area (Å²) >= 11 is 0. The van der Waals surface area contributed by atoms with Crippen molar-refractivity contribution < 1.29 is 0 Å². The number of likely N-dealkylation sites (tertiary alicyclic amines) is 1. The van der Waals surface area contributed by atoms with Gasteiger partial charge in [-0.05, 0) is 32.9 Å². The van der Waals surface area contributed by atoms with Crippen LogP contribution in [0.5, 0.6) is 0 Å². The van der Waals surface area contributed by atoms with Gasteiger partial charge in [0, 0.05) is 6.54 Å². The maximum atomic E-state index is 2.37. The highest BCUT2D eigenvalue weighted by atomic mass is 15.1. The normalized spacial score (nSPS) is 25.1. The SMILES string of the molecule is CN1C[CH]CCCC1. The van der Waals surface area contributed by atoms with Crippen molar-refractivity contribution in [3.63, 3.8) is 0 Å². The van der Waals surface area contributed by atoms with Crippen LogP contribution in [0.2, 0.25) is 0 Å². The predicted octanol–water partition coefficient (Wildman–Crippen LogP) is 1.31. The van der Waals surface area contributed by atoms with E-state index in [0.29, 0.717) is 0 Å². The van der Waals surface area contributed by atoms with E-state index in [-0.39, 0.29) is 0 Å². The molecule has 0 aromatic carbocycles. The first-order valence-electron chi connectivity index (χ1n) is 3.40. The Morgan fingerprint density at radius 2 is 2.25 bits per heavy atom. The molecule has 0 amide bonds. The second kappa shape index (κ2) is 3.08. The molecule has 8 heavy (non-hydrogen) atoms. The van der Waals surface area contributed by atoms with E-state index in [4.69, 9.17) is 0 Å². The van der Waals surface area contributed by atoms with Crippen LogP contribution in [-0.2, 0) is 0 Å². The minimum absolute atomic E-state index is 1.19. The van der Waals surface area contributed by atoms with Crippen LogP contribution in [0, 0.1) is 6.42 Å². The smallest absolute Gasteiger partial charge is 0.000973 e. The van der Waals surface area contributed by atoms with Crippen LogP contribution in [0.25, 0.3) is 0 Å². The Morgan fingerprint density at radius 3 is 3.12 bits per heavy atom. The largest absolute Gasteiger partial charge is 0.306 e. The van der Waals surface area contributed by atoms with Gasteiger partial charge in [-0.1, -0.05) is 6.42 Å². The molecule has 1 aliphatic rings. The van der Waals surface area contributed by atoms with Gasteiger partial charge in [-0.15, -0.1) is 0 Å². The van der Waals surface area contributed by atoms with E-state index in [1.54, 1.807) is 0 Å².